The van der Waals surface area contributed by atoms with E-state index in [1.165, 1.54) is 6.21 Å². The third-order valence-corrected chi connectivity index (χ3v) is 5.46. The Morgan fingerprint density at radius 2 is 1.75 bits per heavy atom. The van der Waals surface area contributed by atoms with E-state index < -0.39 is 11.8 Å². The first kappa shape index (κ1) is 23.8. The van der Waals surface area contributed by atoms with Crippen LogP contribution in [0.4, 0.5) is 5.69 Å². The van der Waals surface area contributed by atoms with Crippen molar-refractivity contribution in [3.05, 3.63) is 91.9 Å². The Hall–Kier alpha value is -2.87. The van der Waals surface area contributed by atoms with Gasteiger partial charge in [0.15, 0.2) is 0 Å². The number of hydrogen-bond acceptors (Lipinski definition) is 4. The predicted molar refractivity (Wildman–Crippen MR) is 130 cm³/mol. The summed E-state index contributed by atoms with van der Waals surface area (Å²) in [5, 5.41) is 7.39. The molecule has 0 aliphatic rings. The average molecular weight is 535 g/mol. The number of nitrogens with one attached hydrogen (secondary N) is 2. The maximum atomic E-state index is 12.1. The molecule has 0 saturated carbocycles. The van der Waals surface area contributed by atoms with Crippen molar-refractivity contribution in [2.24, 2.45) is 5.10 Å². The van der Waals surface area contributed by atoms with Crippen LogP contribution in [-0.2, 0) is 16.2 Å². The van der Waals surface area contributed by atoms with Gasteiger partial charge in [-0.1, -0.05) is 57.3 Å². The minimum Gasteiger partial charge on any atom is -0.488 e. The second-order valence-corrected chi connectivity index (χ2v) is 8.42. The van der Waals surface area contributed by atoms with E-state index in [-0.39, 0.29) is 6.61 Å². The van der Waals surface area contributed by atoms with Crippen molar-refractivity contribution in [3.8, 4) is 5.75 Å². The Labute approximate surface area is 203 Å². The van der Waals surface area contributed by atoms with Crippen LogP contribution in [0.5, 0.6) is 5.75 Å². The molecule has 0 atom stereocenters. The molecule has 0 saturated heterocycles. The summed E-state index contributed by atoms with van der Waals surface area (Å²) >= 11 is 15.8. The number of carbonyl (C=O) groups is 2. The highest BCUT2D eigenvalue weighted by Gasteiger charge is 2.13. The summed E-state index contributed by atoms with van der Waals surface area (Å²) < 4.78 is 6.65. The van der Waals surface area contributed by atoms with Crippen LogP contribution < -0.4 is 15.5 Å². The monoisotopic (exact) mass is 533 g/mol. The fourth-order valence-corrected chi connectivity index (χ4v) is 3.58. The van der Waals surface area contributed by atoms with Crippen molar-refractivity contribution in [3.63, 3.8) is 0 Å². The number of carbonyl (C=O) groups excluding carboxylic acids is 2. The maximum absolute atomic E-state index is 12.1. The van der Waals surface area contributed by atoms with Crippen LogP contribution in [0.25, 0.3) is 0 Å². The van der Waals surface area contributed by atoms with Gasteiger partial charge in [-0.2, -0.15) is 5.10 Å². The summed E-state index contributed by atoms with van der Waals surface area (Å²) in [6, 6.07) is 17.6. The minimum absolute atomic E-state index is 0.145. The molecular weight excluding hydrogens is 517 g/mol. The minimum atomic E-state index is -0.900. The molecule has 0 bridgehead atoms. The Morgan fingerprint density at radius 1 is 1.03 bits per heavy atom. The third-order valence-electron chi connectivity index (χ3n) is 4.26. The largest absolute Gasteiger partial charge is 0.488 e. The SMILES string of the molecule is Cc1cccc(NC(=O)C(=O)N/N=C\c2cc(Br)ccc2OCc2c(Cl)cccc2Cl)c1. The Bertz CT molecular complexity index is 1160. The van der Waals surface area contributed by atoms with Gasteiger partial charge in [0.25, 0.3) is 0 Å². The average Bonchev–Trinajstić information content (AvgIpc) is 2.74. The van der Waals surface area contributed by atoms with Crippen LogP contribution in [0.1, 0.15) is 16.7 Å². The number of rotatable bonds is 6. The molecule has 0 aliphatic carbocycles. The summed E-state index contributed by atoms with van der Waals surface area (Å²) in [6.07, 6.45) is 1.38. The molecule has 0 heterocycles. The lowest BCUT2D eigenvalue weighted by atomic mass is 10.2. The predicted octanol–water partition coefficient (Wildman–Crippen LogP) is 5.73. The van der Waals surface area contributed by atoms with Gasteiger partial charge in [0.1, 0.15) is 12.4 Å². The molecule has 32 heavy (non-hydrogen) atoms. The number of amides is 2. The lowest BCUT2D eigenvalue weighted by Gasteiger charge is -2.12. The van der Waals surface area contributed by atoms with Crippen molar-refractivity contribution >= 4 is 62.8 Å². The van der Waals surface area contributed by atoms with Crippen LogP contribution in [0.15, 0.2) is 70.2 Å². The van der Waals surface area contributed by atoms with Gasteiger partial charge in [0.2, 0.25) is 0 Å². The first-order valence-corrected chi connectivity index (χ1v) is 10.9. The summed E-state index contributed by atoms with van der Waals surface area (Å²) in [7, 11) is 0. The van der Waals surface area contributed by atoms with E-state index in [1.54, 1.807) is 54.6 Å². The number of ether oxygens (including phenoxy) is 1. The summed E-state index contributed by atoms with van der Waals surface area (Å²) in [5.74, 6) is -1.23. The van der Waals surface area contributed by atoms with Crippen LogP contribution in [0.2, 0.25) is 10.0 Å². The van der Waals surface area contributed by atoms with Gasteiger partial charge in [0, 0.05) is 31.3 Å². The number of anilines is 1. The van der Waals surface area contributed by atoms with E-state index >= 15 is 0 Å². The molecule has 0 aliphatic heterocycles. The number of aryl methyl sites for hydroxylation is 1. The van der Waals surface area contributed by atoms with Gasteiger partial charge >= 0.3 is 11.8 Å². The highest BCUT2D eigenvalue weighted by Crippen LogP contribution is 2.28. The Morgan fingerprint density at radius 3 is 2.47 bits per heavy atom. The quantitative estimate of drug-likeness (QED) is 0.241. The zero-order valence-electron chi connectivity index (χ0n) is 16.9. The van der Waals surface area contributed by atoms with E-state index in [9.17, 15) is 9.59 Å². The topological polar surface area (TPSA) is 79.8 Å². The van der Waals surface area contributed by atoms with Gasteiger partial charge in [-0.05, 0) is 55.0 Å². The zero-order chi connectivity index (χ0) is 23.1. The molecule has 2 amide bonds. The van der Waals surface area contributed by atoms with E-state index in [4.69, 9.17) is 27.9 Å². The summed E-state index contributed by atoms with van der Waals surface area (Å²) in [4.78, 5) is 24.1. The molecule has 164 valence electrons. The van der Waals surface area contributed by atoms with E-state index in [1.807, 2.05) is 13.0 Å². The normalized spacial score (nSPS) is 10.8. The van der Waals surface area contributed by atoms with Crippen LogP contribution >= 0.6 is 39.1 Å². The first-order chi connectivity index (χ1) is 15.3. The van der Waals surface area contributed by atoms with Crippen LogP contribution in [-0.4, -0.2) is 18.0 Å². The van der Waals surface area contributed by atoms with Crippen LogP contribution in [0.3, 0.4) is 0 Å². The smallest absolute Gasteiger partial charge is 0.329 e. The molecule has 0 unspecified atom stereocenters. The standard InChI is InChI=1S/C23H18BrCl2N3O3/c1-14-4-2-5-17(10-14)28-22(30)23(31)29-27-12-15-11-16(24)8-9-21(15)32-13-18-19(25)6-3-7-20(18)26/h2-12H,13H2,1H3,(H,28,30)(H,29,31)/b27-12-. The molecule has 3 rings (SSSR count). The highest BCUT2D eigenvalue weighted by molar-refractivity contribution is 9.10. The second-order valence-electron chi connectivity index (χ2n) is 6.69. The van der Waals surface area contributed by atoms with Gasteiger partial charge < -0.3 is 10.1 Å². The van der Waals surface area contributed by atoms with Gasteiger partial charge in [-0.15, -0.1) is 0 Å². The molecule has 0 spiro atoms. The van der Waals surface area contributed by atoms with Crippen molar-refractivity contribution < 1.29 is 14.3 Å². The van der Waals surface area contributed by atoms with E-state index in [0.717, 1.165) is 10.0 Å². The second kappa shape index (κ2) is 11.1. The first-order valence-electron chi connectivity index (χ1n) is 9.40. The molecular formula is C23H18BrCl2N3O3. The van der Waals surface area contributed by atoms with Gasteiger partial charge in [0.05, 0.1) is 6.21 Å². The van der Waals surface area contributed by atoms with Gasteiger partial charge in [-0.25, -0.2) is 5.43 Å². The van der Waals surface area contributed by atoms with Crippen molar-refractivity contribution in [1.29, 1.82) is 0 Å². The number of hydrazone groups is 1. The molecule has 2 N–H and O–H groups in total. The molecule has 3 aromatic rings. The molecule has 0 aromatic heterocycles. The molecule has 6 nitrogen and oxygen atoms in total. The fourth-order valence-electron chi connectivity index (χ4n) is 2.69. The number of benzene rings is 3. The lowest BCUT2D eigenvalue weighted by molar-refractivity contribution is -0.136. The molecule has 0 radical (unpaired) electrons. The zero-order valence-corrected chi connectivity index (χ0v) is 20.0. The Balaban J connectivity index is 1.65. The highest BCUT2D eigenvalue weighted by atomic mass is 79.9. The maximum Gasteiger partial charge on any atom is 0.329 e. The Kier molecular flexibility index (Phi) is 8.27. The fraction of sp³-hybridized carbons (Fsp3) is 0.0870. The van der Waals surface area contributed by atoms with Crippen molar-refractivity contribution in [1.82, 2.24) is 5.43 Å². The van der Waals surface area contributed by atoms with E-state index in [0.29, 0.717) is 32.6 Å². The van der Waals surface area contributed by atoms with E-state index in [2.05, 4.69) is 31.8 Å². The molecule has 0 fully saturated rings. The lowest BCUT2D eigenvalue weighted by Crippen LogP contribution is -2.32. The van der Waals surface area contributed by atoms with Crippen LogP contribution in [0, 0.1) is 6.92 Å². The van der Waals surface area contributed by atoms with Crippen molar-refractivity contribution in [2.75, 3.05) is 5.32 Å². The number of halogens is 3. The summed E-state index contributed by atoms with van der Waals surface area (Å²) in [5.41, 5.74) is 4.92. The molecule has 9 heteroatoms. The number of hydrogen-bond donors (Lipinski definition) is 2. The number of nitrogens with zero attached hydrogens (tertiary/aromatic N) is 1. The summed E-state index contributed by atoms with van der Waals surface area (Å²) in [6.45, 7) is 2.03. The van der Waals surface area contributed by atoms with Gasteiger partial charge in [-0.3, -0.25) is 9.59 Å². The third kappa shape index (κ3) is 6.56. The van der Waals surface area contributed by atoms with Crippen molar-refractivity contribution in [2.45, 2.75) is 13.5 Å². The molecule has 3 aromatic carbocycles.